The molecule has 0 unspecified atom stereocenters. The van der Waals surface area contributed by atoms with Crippen LogP contribution in [0.4, 0.5) is 0 Å². The minimum atomic E-state index is -0.228. The zero-order chi connectivity index (χ0) is 10.1. The summed E-state index contributed by atoms with van der Waals surface area (Å²) in [5.74, 6) is 5.20. The van der Waals surface area contributed by atoms with E-state index in [9.17, 15) is 4.79 Å². The number of carbonyl (C=O) groups is 1. The lowest BCUT2D eigenvalue weighted by atomic mass is 10.4. The number of nitrogens with zero attached hydrogens (tertiary/aromatic N) is 1. The number of hydrogen-bond donors (Lipinski definition) is 1. The van der Waals surface area contributed by atoms with Crippen LogP contribution in [-0.2, 0) is 4.79 Å². The molecule has 1 saturated heterocycles. The van der Waals surface area contributed by atoms with Gasteiger partial charge >= 0.3 is 0 Å². The highest BCUT2D eigenvalue weighted by Gasteiger charge is 2.29. The second-order valence-corrected chi connectivity index (χ2v) is 5.22. The molecule has 0 bridgehead atoms. The summed E-state index contributed by atoms with van der Waals surface area (Å²) in [5.41, 5.74) is 0. The molecular formula is C8H6N2OS3. The summed E-state index contributed by atoms with van der Waals surface area (Å²) < 4.78 is 0.401. The summed E-state index contributed by atoms with van der Waals surface area (Å²) in [5, 5.41) is 2.95. The lowest BCUT2D eigenvalue weighted by molar-refractivity contribution is -0.122. The first-order chi connectivity index (χ1) is 6.68. The fourth-order valence-corrected chi connectivity index (χ4v) is 2.81. The monoisotopic (exact) mass is 242 g/mol. The number of thiophene rings is 1. The minimum Gasteiger partial charge on any atom is -0.267 e. The van der Waals surface area contributed by atoms with E-state index in [0.29, 0.717) is 9.23 Å². The van der Waals surface area contributed by atoms with Crippen molar-refractivity contribution in [1.82, 2.24) is 5.01 Å². The van der Waals surface area contributed by atoms with Crippen LogP contribution >= 0.6 is 35.3 Å². The van der Waals surface area contributed by atoms with Gasteiger partial charge < -0.3 is 0 Å². The van der Waals surface area contributed by atoms with E-state index in [1.54, 1.807) is 17.4 Å². The van der Waals surface area contributed by atoms with Gasteiger partial charge in [-0.15, -0.1) is 11.3 Å². The van der Waals surface area contributed by atoms with Crippen LogP contribution in [0, 0.1) is 0 Å². The summed E-state index contributed by atoms with van der Waals surface area (Å²) >= 11 is 7.70. The number of nitrogens with two attached hydrogens (primary N) is 1. The lowest BCUT2D eigenvalue weighted by Gasteiger charge is -2.02. The van der Waals surface area contributed by atoms with Gasteiger partial charge in [-0.1, -0.05) is 30.0 Å². The molecule has 0 aromatic carbocycles. The van der Waals surface area contributed by atoms with Crippen molar-refractivity contribution in [3.05, 3.63) is 27.3 Å². The van der Waals surface area contributed by atoms with Crippen molar-refractivity contribution in [2.24, 2.45) is 5.84 Å². The third-order valence-corrected chi connectivity index (χ3v) is 3.79. The van der Waals surface area contributed by atoms with E-state index in [2.05, 4.69) is 0 Å². The van der Waals surface area contributed by atoms with Gasteiger partial charge in [-0.3, -0.25) is 4.79 Å². The predicted molar refractivity (Wildman–Crippen MR) is 63.5 cm³/mol. The maximum atomic E-state index is 11.5. The van der Waals surface area contributed by atoms with Crippen molar-refractivity contribution in [1.29, 1.82) is 0 Å². The highest BCUT2D eigenvalue weighted by Crippen LogP contribution is 2.31. The molecule has 6 heteroatoms. The Morgan fingerprint density at radius 1 is 1.57 bits per heavy atom. The SMILES string of the molecule is NN1C(=O)/C(=C\c2cccs2)SC1=S. The van der Waals surface area contributed by atoms with Crippen LogP contribution in [0.1, 0.15) is 4.88 Å². The van der Waals surface area contributed by atoms with Crippen molar-refractivity contribution in [2.75, 3.05) is 0 Å². The molecule has 2 N–H and O–H groups in total. The number of carbonyl (C=O) groups excluding carboxylic acids is 1. The highest BCUT2D eigenvalue weighted by molar-refractivity contribution is 8.26. The Morgan fingerprint density at radius 2 is 2.36 bits per heavy atom. The van der Waals surface area contributed by atoms with Crippen molar-refractivity contribution in [3.8, 4) is 0 Å². The van der Waals surface area contributed by atoms with Crippen LogP contribution in [-0.4, -0.2) is 15.2 Å². The van der Waals surface area contributed by atoms with Crippen LogP contribution in [0.2, 0.25) is 0 Å². The number of thiocarbonyl (C=S) groups is 1. The number of hydrogen-bond acceptors (Lipinski definition) is 5. The van der Waals surface area contributed by atoms with Gasteiger partial charge in [0, 0.05) is 4.88 Å². The quantitative estimate of drug-likeness (QED) is 0.353. The Balaban J connectivity index is 2.29. The molecular weight excluding hydrogens is 236 g/mol. The average molecular weight is 242 g/mol. The molecule has 0 radical (unpaired) electrons. The Hall–Kier alpha value is -0.690. The van der Waals surface area contributed by atoms with E-state index in [0.717, 1.165) is 9.89 Å². The molecule has 14 heavy (non-hydrogen) atoms. The van der Waals surface area contributed by atoms with Crippen LogP contribution < -0.4 is 5.84 Å². The lowest BCUT2D eigenvalue weighted by Crippen LogP contribution is -2.34. The van der Waals surface area contributed by atoms with Gasteiger partial charge in [0.25, 0.3) is 5.91 Å². The molecule has 1 aliphatic heterocycles. The first kappa shape index (κ1) is 9.85. The van der Waals surface area contributed by atoms with Crippen LogP contribution in [0.25, 0.3) is 6.08 Å². The first-order valence-corrected chi connectivity index (χ1v) is 5.85. The molecule has 1 aromatic heterocycles. The highest BCUT2D eigenvalue weighted by atomic mass is 32.2. The normalized spacial score (nSPS) is 19.8. The molecule has 1 fully saturated rings. The number of rotatable bonds is 1. The second-order valence-electron chi connectivity index (χ2n) is 2.57. The van der Waals surface area contributed by atoms with Gasteiger partial charge in [0.05, 0.1) is 4.91 Å². The first-order valence-electron chi connectivity index (χ1n) is 3.74. The van der Waals surface area contributed by atoms with Gasteiger partial charge in [-0.2, -0.15) is 0 Å². The molecule has 72 valence electrons. The summed E-state index contributed by atoms with van der Waals surface area (Å²) in [4.78, 5) is 13.1. The largest absolute Gasteiger partial charge is 0.280 e. The van der Waals surface area contributed by atoms with Crippen LogP contribution in [0.15, 0.2) is 22.4 Å². The van der Waals surface area contributed by atoms with E-state index < -0.39 is 0 Å². The zero-order valence-corrected chi connectivity index (χ0v) is 9.42. The molecule has 0 saturated carbocycles. The molecule has 3 nitrogen and oxygen atoms in total. The molecule has 0 spiro atoms. The second kappa shape index (κ2) is 3.82. The maximum Gasteiger partial charge on any atom is 0.280 e. The van der Waals surface area contributed by atoms with Gasteiger partial charge in [-0.25, -0.2) is 10.9 Å². The zero-order valence-electron chi connectivity index (χ0n) is 6.97. The number of amides is 1. The number of thioether (sulfide) groups is 1. The van der Waals surface area contributed by atoms with Gasteiger partial charge in [0.1, 0.15) is 0 Å². The third kappa shape index (κ3) is 1.74. The Kier molecular flexibility index (Phi) is 2.69. The molecule has 2 rings (SSSR count). The average Bonchev–Trinajstić information content (AvgIpc) is 2.73. The molecule has 1 aromatic rings. The third-order valence-electron chi connectivity index (χ3n) is 1.64. The van der Waals surface area contributed by atoms with Crippen molar-refractivity contribution in [2.45, 2.75) is 0 Å². The number of hydrazine groups is 1. The Bertz CT molecular complexity index is 410. The summed E-state index contributed by atoms with van der Waals surface area (Å²) in [6.45, 7) is 0. The smallest absolute Gasteiger partial charge is 0.267 e. The molecule has 0 atom stereocenters. The Morgan fingerprint density at radius 3 is 2.86 bits per heavy atom. The predicted octanol–water partition coefficient (Wildman–Crippen LogP) is 1.82. The van der Waals surface area contributed by atoms with E-state index in [-0.39, 0.29) is 5.91 Å². The van der Waals surface area contributed by atoms with E-state index in [4.69, 9.17) is 18.1 Å². The fourth-order valence-electron chi connectivity index (χ4n) is 0.982. The van der Waals surface area contributed by atoms with Gasteiger partial charge in [0.2, 0.25) is 0 Å². The molecule has 1 amide bonds. The van der Waals surface area contributed by atoms with Gasteiger partial charge in [-0.05, 0) is 17.5 Å². The summed E-state index contributed by atoms with van der Waals surface area (Å²) in [7, 11) is 0. The van der Waals surface area contributed by atoms with Crippen LogP contribution in [0.5, 0.6) is 0 Å². The minimum absolute atomic E-state index is 0.228. The van der Waals surface area contributed by atoms with E-state index in [1.807, 2.05) is 17.5 Å². The fraction of sp³-hybridized carbons (Fsp3) is 0. The van der Waals surface area contributed by atoms with E-state index >= 15 is 0 Å². The van der Waals surface area contributed by atoms with E-state index in [1.165, 1.54) is 11.8 Å². The topological polar surface area (TPSA) is 46.3 Å². The van der Waals surface area contributed by atoms with Crippen molar-refractivity contribution < 1.29 is 4.79 Å². The summed E-state index contributed by atoms with van der Waals surface area (Å²) in [6, 6.07) is 3.87. The Labute approximate surface area is 94.5 Å². The van der Waals surface area contributed by atoms with Crippen LogP contribution in [0.3, 0.4) is 0 Å². The van der Waals surface area contributed by atoms with Gasteiger partial charge in [0.15, 0.2) is 4.32 Å². The van der Waals surface area contributed by atoms with Crippen molar-refractivity contribution in [3.63, 3.8) is 0 Å². The molecule has 0 aliphatic carbocycles. The molecule has 2 heterocycles. The maximum absolute atomic E-state index is 11.5. The standard InChI is InChI=1S/C8H6N2OS3/c9-10-7(11)6(14-8(10)12)4-5-2-1-3-13-5/h1-4H,9H2/b6-4+. The van der Waals surface area contributed by atoms with Crippen molar-refractivity contribution >= 4 is 51.6 Å². The molecule has 1 aliphatic rings. The summed E-state index contributed by atoms with van der Waals surface area (Å²) in [6.07, 6.45) is 1.80.